The summed E-state index contributed by atoms with van der Waals surface area (Å²) in [7, 11) is 0. The van der Waals surface area contributed by atoms with Crippen molar-refractivity contribution in [3.8, 4) is 17.2 Å². The van der Waals surface area contributed by atoms with E-state index in [4.69, 9.17) is 13.9 Å². The second-order valence-electron chi connectivity index (χ2n) is 7.62. The van der Waals surface area contributed by atoms with Crippen LogP contribution in [0.15, 0.2) is 71.1 Å². The molecule has 1 atom stereocenters. The Hall–Kier alpha value is -3.02. The maximum atomic E-state index is 9.39. The third kappa shape index (κ3) is 5.01. The third-order valence-electron chi connectivity index (χ3n) is 5.45. The number of furan rings is 1. The molecule has 0 amide bonds. The second-order valence-corrected chi connectivity index (χ2v) is 7.62. The molecular weight excluding hydrogens is 390 g/mol. The van der Waals surface area contributed by atoms with E-state index >= 15 is 0 Å². The smallest absolute Gasteiger partial charge is 0.151 e. The Morgan fingerprint density at radius 3 is 2.58 bits per heavy atom. The molecule has 2 heterocycles. The summed E-state index contributed by atoms with van der Waals surface area (Å²) in [5, 5.41) is 10.5. The number of aryl methyl sites for hydroxylation is 1. The molecule has 4 aromatic rings. The molecular formula is C26H29NO4. The fourth-order valence-corrected chi connectivity index (χ4v) is 3.84. The number of nitrogens with zero attached hydrogens (tertiary/aromatic N) is 1. The molecule has 2 aromatic carbocycles. The van der Waals surface area contributed by atoms with Crippen molar-refractivity contribution in [1.29, 1.82) is 0 Å². The Morgan fingerprint density at radius 1 is 1.03 bits per heavy atom. The first-order valence-corrected chi connectivity index (χ1v) is 10.8. The van der Waals surface area contributed by atoms with Gasteiger partial charge >= 0.3 is 0 Å². The molecule has 5 heteroatoms. The minimum atomic E-state index is -0.162. The summed E-state index contributed by atoms with van der Waals surface area (Å²) in [6.45, 7) is 5.93. The van der Waals surface area contributed by atoms with E-state index in [1.54, 1.807) is 0 Å². The minimum absolute atomic E-state index is 0.0237. The zero-order chi connectivity index (χ0) is 21.6. The number of hydrogen-bond acceptors (Lipinski definition) is 4. The lowest BCUT2D eigenvalue weighted by atomic mass is 10.1. The van der Waals surface area contributed by atoms with Crippen LogP contribution in [0.4, 0.5) is 0 Å². The van der Waals surface area contributed by atoms with Gasteiger partial charge in [0.15, 0.2) is 5.76 Å². The van der Waals surface area contributed by atoms with Crippen LogP contribution in [0.3, 0.4) is 0 Å². The van der Waals surface area contributed by atoms with Crippen molar-refractivity contribution in [2.45, 2.75) is 32.9 Å². The molecule has 162 valence electrons. The van der Waals surface area contributed by atoms with E-state index in [0.29, 0.717) is 19.6 Å². The zero-order valence-electron chi connectivity index (χ0n) is 18.1. The van der Waals surface area contributed by atoms with E-state index in [2.05, 4.69) is 35.8 Å². The molecule has 0 unspecified atom stereocenters. The number of hydrogen-bond donors (Lipinski definition) is 1. The Labute approximate surface area is 182 Å². The largest absolute Gasteiger partial charge is 0.492 e. The van der Waals surface area contributed by atoms with Crippen LogP contribution in [-0.2, 0) is 17.7 Å². The van der Waals surface area contributed by atoms with Gasteiger partial charge in [0.1, 0.15) is 17.9 Å². The van der Waals surface area contributed by atoms with E-state index < -0.39 is 0 Å². The van der Waals surface area contributed by atoms with Gasteiger partial charge in [-0.1, -0.05) is 30.3 Å². The second kappa shape index (κ2) is 9.86. The summed E-state index contributed by atoms with van der Waals surface area (Å²) >= 11 is 0. The minimum Gasteiger partial charge on any atom is -0.492 e. The fraction of sp³-hybridized carbons (Fsp3) is 0.308. The molecule has 0 saturated heterocycles. The molecule has 2 aromatic heterocycles. The molecule has 4 rings (SSSR count). The van der Waals surface area contributed by atoms with Crippen LogP contribution in [0.1, 0.15) is 18.2 Å². The number of aromatic nitrogens is 1. The predicted octanol–water partition coefficient (Wildman–Crippen LogP) is 5.23. The Bertz CT molecular complexity index is 1080. The van der Waals surface area contributed by atoms with Crippen molar-refractivity contribution in [3.05, 3.63) is 78.0 Å². The van der Waals surface area contributed by atoms with Crippen LogP contribution < -0.4 is 4.74 Å². The highest BCUT2D eigenvalue weighted by molar-refractivity contribution is 5.82. The van der Waals surface area contributed by atoms with Crippen LogP contribution in [-0.4, -0.2) is 35.6 Å². The third-order valence-corrected chi connectivity index (χ3v) is 5.45. The number of aliphatic hydroxyl groups excluding tert-OH is 1. The summed E-state index contributed by atoms with van der Waals surface area (Å²) in [5.41, 5.74) is 4.24. The average Bonchev–Trinajstić information content (AvgIpc) is 3.38. The maximum absolute atomic E-state index is 9.39. The van der Waals surface area contributed by atoms with Crippen molar-refractivity contribution in [3.63, 3.8) is 0 Å². The molecule has 0 spiro atoms. The highest BCUT2D eigenvalue weighted by Gasteiger charge is 2.13. The molecule has 5 nitrogen and oxygen atoms in total. The van der Waals surface area contributed by atoms with Crippen molar-refractivity contribution in [1.82, 2.24) is 4.57 Å². The number of fused-ring (bicyclic) bond motifs is 1. The van der Waals surface area contributed by atoms with Crippen molar-refractivity contribution < 1.29 is 19.0 Å². The lowest BCUT2D eigenvalue weighted by molar-refractivity contribution is 0.0207. The quantitative estimate of drug-likeness (QED) is 0.382. The van der Waals surface area contributed by atoms with Crippen LogP contribution in [0.5, 0.6) is 5.75 Å². The van der Waals surface area contributed by atoms with Crippen LogP contribution in [0.2, 0.25) is 0 Å². The number of ether oxygens (including phenoxy) is 2. The van der Waals surface area contributed by atoms with Crippen LogP contribution in [0, 0.1) is 6.92 Å². The Kier molecular flexibility index (Phi) is 6.75. The molecule has 0 aliphatic rings. The molecule has 0 aliphatic heterocycles. The zero-order valence-corrected chi connectivity index (χ0v) is 18.1. The normalized spacial score (nSPS) is 12.4. The SMILES string of the molecule is CCO[C@H](CO)Cc1ccc(OCCn2c(C)ccc2-c2cc3ccccc3o2)cc1. The number of benzene rings is 2. The van der Waals surface area contributed by atoms with Gasteiger partial charge in [0, 0.05) is 24.1 Å². The van der Waals surface area contributed by atoms with Gasteiger partial charge in [0.25, 0.3) is 0 Å². The highest BCUT2D eigenvalue weighted by atomic mass is 16.5. The van der Waals surface area contributed by atoms with E-state index in [9.17, 15) is 5.11 Å². The number of aliphatic hydroxyl groups is 1. The van der Waals surface area contributed by atoms with Gasteiger partial charge in [-0.05, 0) is 55.8 Å². The Balaban J connectivity index is 1.38. The Morgan fingerprint density at radius 2 is 1.84 bits per heavy atom. The summed E-state index contributed by atoms with van der Waals surface area (Å²) < 4.78 is 19.8. The van der Waals surface area contributed by atoms with Gasteiger partial charge in [-0.3, -0.25) is 0 Å². The van der Waals surface area contributed by atoms with E-state index in [1.807, 2.05) is 49.4 Å². The summed E-state index contributed by atoms with van der Waals surface area (Å²) in [4.78, 5) is 0. The van der Waals surface area contributed by atoms with Crippen molar-refractivity contribution in [2.24, 2.45) is 0 Å². The molecule has 0 saturated carbocycles. The molecule has 0 radical (unpaired) electrons. The molecule has 0 bridgehead atoms. The van der Waals surface area contributed by atoms with Crippen molar-refractivity contribution in [2.75, 3.05) is 19.8 Å². The topological polar surface area (TPSA) is 56.8 Å². The fourth-order valence-electron chi connectivity index (χ4n) is 3.84. The standard InChI is InChI=1S/C26H29NO4/c1-3-29-23(18-28)16-20-9-11-22(12-10-20)30-15-14-27-19(2)8-13-24(27)26-17-21-6-4-5-7-25(21)31-26/h4-13,17,23,28H,3,14-16,18H2,1-2H3/t23-/m0/s1. The molecule has 0 fully saturated rings. The molecule has 1 N–H and O–H groups in total. The monoisotopic (exact) mass is 419 g/mol. The summed E-state index contributed by atoms with van der Waals surface area (Å²) in [6, 6.07) is 22.3. The summed E-state index contributed by atoms with van der Waals surface area (Å²) in [5.74, 6) is 1.70. The van der Waals surface area contributed by atoms with Crippen LogP contribution >= 0.6 is 0 Å². The van der Waals surface area contributed by atoms with Gasteiger partial charge < -0.3 is 23.6 Å². The predicted molar refractivity (Wildman–Crippen MR) is 123 cm³/mol. The molecule has 0 aliphatic carbocycles. The maximum Gasteiger partial charge on any atom is 0.151 e. The van der Waals surface area contributed by atoms with Gasteiger partial charge in [-0.25, -0.2) is 0 Å². The average molecular weight is 420 g/mol. The van der Waals surface area contributed by atoms with Crippen molar-refractivity contribution >= 4 is 11.0 Å². The van der Waals surface area contributed by atoms with Gasteiger partial charge in [-0.15, -0.1) is 0 Å². The highest BCUT2D eigenvalue weighted by Crippen LogP contribution is 2.29. The van der Waals surface area contributed by atoms with E-state index in [1.165, 1.54) is 5.69 Å². The lowest BCUT2D eigenvalue weighted by Gasteiger charge is -2.15. The van der Waals surface area contributed by atoms with Gasteiger partial charge in [0.05, 0.1) is 24.9 Å². The van der Waals surface area contributed by atoms with E-state index in [-0.39, 0.29) is 12.7 Å². The number of para-hydroxylation sites is 1. The first-order valence-electron chi connectivity index (χ1n) is 10.8. The lowest BCUT2D eigenvalue weighted by Crippen LogP contribution is -2.20. The number of rotatable bonds is 10. The van der Waals surface area contributed by atoms with Gasteiger partial charge in [-0.2, -0.15) is 0 Å². The summed E-state index contributed by atoms with van der Waals surface area (Å²) in [6.07, 6.45) is 0.527. The van der Waals surface area contributed by atoms with Gasteiger partial charge in [0.2, 0.25) is 0 Å². The molecule has 31 heavy (non-hydrogen) atoms. The van der Waals surface area contributed by atoms with E-state index in [0.717, 1.165) is 40.3 Å². The van der Waals surface area contributed by atoms with Crippen LogP contribution in [0.25, 0.3) is 22.4 Å². The first kappa shape index (κ1) is 21.2. The first-order chi connectivity index (χ1) is 15.2.